The zero-order chi connectivity index (χ0) is 20.7. The van der Waals surface area contributed by atoms with Crippen molar-refractivity contribution >= 4 is 39.8 Å². The van der Waals surface area contributed by atoms with Crippen molar-refractivity contribution in [3.05, 3.63) is 50.9 Å². The van der Waals surface area contributed by atoms with Crippen LogP contribution in [0.15, 0.2) is 24.3 Å². The second-order valence-electron chi connectivity index (χ2n) is 8.23. The number of nitrogens with one attached hydrogen (secondary N) is 2. The number of ether oxygens (including phenoxy) is 1. The minimum Gasteiger partial charge on any atom is -0.465 e. The predicted octanol–water partition coefficient (Wildman–Crippen LogP) is 4.53. The molecule has 0 bridgehead atoms. The lowest BCUT2D eigenvalue weighted by atomic mass is 9.81. The van der Waals surface area contributed by atoms with E-state index in [1.165, 1.54) is 18.4 Å². The average Bonchev–Trinajstić information content (AvgIpc) is 2.93. The van der Waals surface area contributed by atoms with Gasteiger partial charge in [-0.1, -0.05) is 29.8 Å². The molecule has 0 aliphatic carbocycles. The molecule has 0 fully saturated rings. The summed E-state index contributed by atoms with van der Waals surface area (Å²) in [7, 11) is 1.36. The average molecular weight is 421 g/mol. The number of fused-ring (bicyclic) bond motifs is 1. The van der Waals surface area contributed by atoms with Crippen LogP contribution < -0.4 is 10.6 Å². The third-order valence-corrected chi connectivity index (χ3v) is 6.64. The van der Waals surface area contributed by atoms with Gasteiger partial charge in [-0.05, 0) is 51.3 Å². The maximum atomic E-state index is 12.7. The van der Waals surface area contributed by atoms with Crippen molar-refractivity contribution in [2.45, 2.75) is 51.6 Å². The molecule has 7 heteroatoms. The number of benzene rings is 1. The quantitative estimate of drug-likeness (QED) is 0.713. The van der Waals surface area contributed by atoms with Gasteiger partial charge in [-0.25, -0.2) is 4.79 Å². The number of carbonyl (C=O) groups is 2. The van der Waals surface area contributed by atoms with Crippen LogP contribution in [-0.2, 0) is 27.9 Å². The molecule has 0 unspecified atom stereocenters. The van der Waals surface area contributed by atoms with Crippen LogP contribution in [0.2, 0.25) is 5.02 Å². The molecule has 28 heavy (non-hydrogen) atoms. The third kappa shape index (κ3) is 4.09. The Kier molecular flexibility index (Phi) is 5.58. The van der Waals surface area contributed by atoms with Crippen molar-refractivity contribution in [3.63, 3.8) is 0 Å². The van der Waals surface area contributed by atoms with Crippen LogP contribution in [0.3, 0.4) is 0 Å². The molecule has 0 saturated carbocycles. The highest BCUT2D eigenvalue weighted by molar-refractivity contribution is 7.17. The first kappa shape index (κ1) is 20.8. The molecule has 0 atom stereocenters. The second-order valence-corrected chi connectivity index (χ2v) is 9.66. The number of anilines is 1. The van der Waals surface area contributed by atoms with E-state index in [9.17, 15) is 9.59 Å². The fourth-order valence-corrected chi connectivity index (χ4v) is 5.40. The summed E-state index contributed by atoms with van der Waals surface area (Å²) in [5.41, 5.74) is 1.64. The van der Waals surface area contributed by atoms with Gasteiger partial charge in [0.05, 0.1) is 19.1 Å². The summed E-state index contributed by atoms with van der Waals surface area (Å²) in [4.78, 5) is 26.3. The minimum atomic E-state index is -0.431. The van der Waals surface area contributed by atoms with E-state index in [0.717, 1.165) is 16.0 Å². The molecule has 0 saturated heterocycles. The number of carbonyl (C=O) groups excluding carboxylic acids is 2. The Morgan fingerprint density at radius 2 is 1.93 bits per heavy atom. The number of rotatable bonds is 4. The summed E-state index contributed by atoms with van der Waals surface area (Å²) >= 11 is 7.60. The zero-order valence-electron chi connectivity index (χ0n) is 16.7. The van der Waals surface area contributed by atoms with E-state index in [2.05, 4.69) is 38.3 Å². The van der Waals surface area contributed by atoms with E-state index in [0.29, 0.717) is 22.0 Å². The summed E-state index contributed by atoms with van der Waals surface area (Å²) in [6, 6.07) is 7.24. The standard InChI is InChI=1S/C21H25ClN2O3S/c1-20(2)11-13-16(19(26)27-5)18(28-17(13)21(3,4)24-20)23-15(25)10-12-8-6-7-9-14(12)22/h6-9,24H,10-11H2,1-5H3,(H,23,25). The zero-order valence-corrected chi connectivity index (χ0v) is 18.3. The SMILES string of the molecule is COC(=O)c1c(NC(=O)Cc2ccccc2Cl)sc2c1CC(C)(C)NC2(C)C. The normalized spacial score (nSPS) is 16.9. The maximum absolute atomic E-state index is 12.7. The number of thiophene rings is 1. The van der Waals surface area contributed by atoms with Gasteiger partial charge in [-0.15, -0.1) is 11.3 Å². The summed E-state index contributed by atoms with van der Waals surface area (Å²) in [5, 5.41) is 7.60. The van der Waals surface area contributed by atoms with E-state index >= 15 is 0 Å². The summed E-state index contributed by atoms with van der Waals surface area (Å²) in [5.74, 6) is -0.652. The van der Waals surface area contributed by atoms with E-state index in [1.807, 2.05) is 18.2 Å². The summed E-state index contributed by atoms with van der Waals surface area (Å²) in [6.45, 7) is 8.37. The number of amides is 1. The summed E-state index contributed by atoms with van der Waals surface area (Å²) in [6.07, 6.45) is 0.809. The molecule has 0 spiro atoms. The molecular formula is C21H25ClN2O3S. The molecule has 5 nitrogen and oxygen atoms in total. The minimum absolute atomic E-state index is 0.135. The van der Waals surface area contributed by atoms with Gasteiger partial charge >= 0.3 is 5.97 Å². The first-order valence-electron chi connectivity index (χ1n) is 9.11. The number of halogens is 1. The lowest BCUT2D eigenvalue weighted by Gasteiger charge is -2.42. The lowest BCUT2D eigenvalue weighted by molar-refractivity contribution is -0.115. The Balaban J connectivity index is 1.97. The van der Waals surface area contributed by atoms with Gasteiger partial charge in [-0.3, -0.25) is 4.79 Å². The highest BCUT2D eigenvalue weighted by Gasteiger charge is 2.42. The molecule has 1 amide bonds. The third-order valence-electron chi connectivity index (χ3n) is 4.80. The van der Waals surface area contributed by atoms with Gasteiger partial charge in [0.2, 0.25) is 5.91 Å². The molecule has 3 rings (SSSR count). The van der Waals surface area contributed by atoms with E-state index in [-0.39, 0.29) is 23.4 Å². The fraction of sp³-hybridized carbons (Fsp3) is 0.429. The fourth-order valence-electron chi connectivity index (χ4n) is 3.92. The van der Waals surface area contributed by atoms with Gasteiger partial charge in [0.15, 0.2) is 0 Å². The molecule has 1 aliphatic heterocycles. The predicted molar refractivity (Wildman–Crippen MR) is 113 cm³/mol. The van der Waals surface area contributed by atoms with E-state index < -0.39 is 5.97 Å². The van der Waals surface area contributed by atoms with Gasteiger partial charge < -0.3 is 15.4 Å². The molecule has 2 N–H and O–H groups in total. The van der Waals surface area contributed by atoms with Crippen LogP contribution in [0.1, 0.15) is 54.1 Å². The van der Waals surface area contributed by atoms with Crippen LogP contribution in [0.25, 0.3) is 0 Å². The van der Waals surface area contributed by atoms with Crippen LogP contribution >= 0.6 is 22.9 Å². The van der Waals surface area contributed by atoms with Crippen molar-refractivity contribution < 1.29 is 14.3 Å². The van der Waals surface area contributed by atoms with Crippen LogP contribution in [0.5, 0.6) is 0 Å². The highest BCUT2D eigenvalue weighted by Crippen LogP contribution is 2.45. The number of methoxy groups -OCH3 is 1. The Morgan fingerprint density at radius 3 is 2.57 bits per heavy atom. The van der Waals surface area contributed by atoms with E-state index in [1.54, 1.807) is 6.07 Å². The number of hydrogen-bond acceptors (Lipinski definition) is 5. The molecule has 2 heterocycles. The maximum Gasteiger partial charge on any atom is 0.341 e. The van der Waals surface area contributed by atoms with Gasteiger partial charge in [0.1, 0.15) is 5.00 Å². The van der Waals surface area contributed by atoms with Crippen LogP contribution in [-0.4, -0.2) is 24.5 Å². The molecule has 1 aromatic heterocycles. The Bertz CT molecular complexity index is 934. The monoisotopic (exact) mass is 420 g/mol. The number of hydrogen-bond donors (Lipinski definition) is 2. The van der Waals surface area contributed by atoms with Crippen molar-refractivity contribution in [2.24, 2.45) is 0 Å². The molecule has 150 valence electrons. The van der Waals surface area contributed by atoms with Crippen LogP contribution in [0.4, 0.5) is 5.00 Å². The number of esters is 1. The van der Waals surface area contributed by atoms with Crippen LogP contribution in [0, 0.1) is 0 Å². The van der Waals surface area contributed by atoms with Crippen molar-refractivity contribution in [1.29, 1.82) is 0 Å². The summed E-state index contributed by atoms with van der Waals surface area (Å²) < 4.78 is 5.03. The Morgan fingerprint density at radius 1 is 1.25 bits per heavy atom. The Labute approximate surface area is 174 Å². The second kappa shape index (κ2) is 7.50. The molecule has 1 aliphatic rings. The largest absolute Gasteiger partial charge is 0.465 e. The first-order chi connectivity index (χ1) is 13.0. The van der Waals surface area contributed by atoms with Gasteiger partial charge in [-0.2, -0.15) is 0 Å². The van der Waals surface area contributed by atoms with Crippen molar-refractivity contribution in [3.8, 4) is 0 Å². The molecule has 2 aromatic rings. The molecule has 0 radical (unpaired) electrons. The van der Waals surface area contributed by atoms with Gasteiger partial charge in [0.25, 0.3) is 0 Å². The topological polar surface area (TPSA) is 67.4 Å². The highest BCUT2D eigenvalue weighted by atomic mass is 35.5. The van der Waals surface area contributed by atoms with Crippen molar-refractivity contribution in [1.82, 2.24) is 5.32 Å². The first-order valence-corrected chi connectivity index (χ1v) is 10.3. The lowest BCUT2D eigenvalue weighted by Crippen LogP contribution is -2.55. The smallest absolute Gasteiger partial charge is 0.341 e. The van der Waals surface area contributed by atoms with Gasteiger partial charge in [0, 0.05) is 21.0 Å². The Hall–Kier alpha value is -1.89. The van der Waals surface area contributed by atoms with Crippen molar-refractivity contribution in [2.75, 3.05) is 12.4 Å². The van der Waals surface area contributed by atoms with E-state index in [4.69, 9.17) is 16.3 Å². The molecule has 1 aromatic carbocycles. The molecular weight excluding hydrogens is 396 g/mol.